The molecule has 0 amide bonds. The molecule has 1 aromatic heterocycles. The SMILES string of the molecule is CC(C)(C)c1ccc(-n2cc(CNC3=CC(=O)c4ccccc4C3=O)nn2)cc1. The molecule has 0 fully saturated rings. The van der Waals surface area contributed by atoms with E-state index in [-0.39, 0.29) is 22.7 Å². The number of allylic oxidation sites excluding steroid dienone is 2. The van der Waals surface area contributed by atoms with Gasteiger partial charge in [0.05, 0.1) is 24.1 Å². The number of ketones is 2. The van der Waals surface area contributed by atoms with Crippen molar-refractivity contribution in [2.75, 3.05) is 0 Å². The van der Waals surface area contributed by atoms with Crippen molar-refractivity contribution < 1.29 is 9.59 Å². The third-order valence-corrected chi connectivity index (χ3v) is 4.96. The van der Waals surface area contributed by atoms with Crippen LogP contribution in [0.1, 0.15) is 52.7 Å². The molecule has 1 heterocycles. The number of nitrogens with zero attached hydrogens (tertiary/aromatic N) is 3. The van der Waals surface area contributed by atoms with E-state index in [1.54, 1.807) is 28.9 Å². The minimum absolute atomic E-state index is 0.0896. The first kappa shape index (κ1) is 18.8. The minimum Gasteiger partial charge on any atom is -0.376 e. The zero-order valence-corrected chi connectivity index (χ0v) is 16.6. The summed E-state index contributed by atoms with van der Waals surface area (Å²) in [5.41, 5.74) is 4.05. The van der Waals surface area contributed by atoms with Crippen LogP contribution < -0.4 is 5.32 Å². The zero-order valence-electron chi connectivity index (χ0n) is 16.6. The summed E-state index contributed by atoms with van der Waals surface area (Å²) >= 11 is 0. The third kappa shape index (κ3) is 3.74. The number of carbonyl (C=O) groups excluding carboxylic acids is 2. The number of Topliss-reactive ketones (excluding diaryl/α,β-unsaturated/α-hetero) is 1. The summed E-state index contributed by atoms with van der Waals surface area (Å²) < 4.78 is 1.70. The lowest BCUT2D eigenvalue weighted by Crippen LogP contribution is -2.26. The Morgan fingerprint density at radius 3 is 2.34 bits per heavy atom. The molecule has 3 aromatic rings. The van der Waals surface area contributed by atoms with E-state index < -0.39 is 0 Å². The predicted octanol–water partition coefficient (Wildman–Crippen LogP) is 3.62. The summed E-state index contributed by atoms with van der Waals surface area (Å²) in [5.74, 6) is -0.365. The van der Waals surface area contributed by atoms with Gasteiger partial charge in [0, 0.05) is 17.2 Å². The average Bonchev–Trinajstić information content (AvgIpc) is 3.18. The molecule has 0 aliphatic heterocycles. The van der Waals surface area contributed by atoms with E-state index in [4.69, 9.17) is 0 Å². The van der Waals surface area contributed by atoms with Crippen LogP contribution in [-0.4, -0.2) is 26.6 Å². The van der Waals surface area contributed by atoms with Crippen molar-refractivity contribution in [2.24, 2.45) is 0 Å². The lowest BCUT2D eigenvalue weighted by atomic mass is 9.87. The molecule has 0 spiro atoms. The maximum absolute atomic E-state index is 12.6. The van der Waals surface area contributed by atoms with Gasteiger partial charge in [-0.05, 0) is 23.1 Å². The Bertz CT molecular complexity index is 1120. The van der Waals surface area contributed by atoms with Crippen LogP contribution in [0.25, 0.3) is 5.69 Å². The lowest BCUT2D eigenvalue weighted by Gasteiger charge is -2.19. The topological polar surface area (TPSA) is 76.9 Å². The highest BCUT2D eigenvalue weighted by Crippen LogP contribution is 2.23. The van der Waals surface area contributed by atoms with Gasteiger partial charge in [-0.3, -0.25) is 9.59 Å². The maximum atomic E-state index is 12.6. The number of aromatic nitrogens is 3. The molecule has 0 saturated carbocycles. The minimum atomic E-state index is -0.189. The fourth-order valence-electron chi connectivity index (χ4n) is 3.25. The van der Waals surface area contributed by atoms with Gasteiger partial charge in [-0.1, -0.05) is 62.4 Å². The van der Waals surface area contributed by atoms with Crippen molar-refractivity contribution >= 4 is 11.6 Å². The first-order valence-corrected chi connectivity index (χ1v) is 9.49. The number of rotatable bonds is 4. The summed E-state index contributed by atoms with van der Waals surface area (Å²) in [4.78, 5) is 24.8. The largest absolute Gasteiger partial charge is 0.376 e. The molecule has 0 radical (unpaired) electrons. The molecule has 6 heteroatoms. The Hall–Kier alpha value is -3.54. The second-order valence-electron chi connectivity index (χ2n) is 8.10. The molecule has 1 N–H and O–H groups in total. The van der Waals surface area contributed by atoms with Crippen LogP contribution in [0.3, 0.4) is 0 Å². The van der Waals surface area contributed by atoms with E-state index in [1.165, 1.54) is 11.6 Å². The van der Waals surface area contributed by atoms with Gasteiger partial charge >= 0.3 is 0 Å². The van der Waals surface area contributed by atoms with Crippen molar-refractivity contribution in [1.29, 1.82) is 0 Å². The van der Waals surface area contributed by atoms with Crippen LogP contribution in [0.5, 0.6) is 0 Å². The van der Waals surface area contributed by atoms with E-state index in [0.717, 1.165) is 5.69 Å². The Labute approximate surface area is 169 Å². The van der Waals surface area contributed by atoms with Crippen molar-refractivity contribution in [1.82, 2.24) is 20.3 Å². The molecule has 1 aliphatic carbocycles. The number of benzene rings is 2. The van der Waals surface area contributed by atoms with Gasteiger partial charge in [-0.25, -0.2) is 4.68 Å². The fourth-order valence-corrected chi connectivity index (χ4v) is 3.25. The Kier molecular flexibility index (Phi) is 4.62. The van der Waals surface area contributed by atoms with Crippen molar-refractivity contribution in [3.05, 3.63) is 88.9 Å². The van der Waals surface area contributed by atoms with Gasteiger partial charge in [-0.15, -0.1) is 5.10 Å². The standard InChI is InChI=1S/C23H22N4O2/c1-23(2,3)15-8-10-17(11-9-15)27-14-16(25-26-27)13-24-20-12-21(28)18-6-4-5-7-19(18)22(20)29/h4-12,14,24H,13H2,1-3H3. The Morgan fingerprint density at radius 2 is 1.66 bits per heavy atom. The molecule has 0 atom stereocenters. The molecule has 29 heavy (non-hydrogen) atoms. The highest BCUT2D eigenvalue weighted by Gasteiger charge is 2.25. The molecule has 2 aromatic carbocycles. The van der Waals surface area contributed by atoms with Crippen molar-refractivity contribution in [2.45, 2.75) is 32.7 Å². The average molecular weight is 386 g/mol. The van der Waals surface area contributed by atoms with E-state index in [0.29, 0.717) is 23.4 Å². The van der Waals surface area contributed by atoms with Gasteiger partial charge in [0.25, 0.3) is 0 Å². The van der Waals surface area contributed by atoms with E-state index >= 15 is 0 Å². The highest BCUT2D eigenvalue weighted by atomic mass is 16.1. The van der Waals surface area contributed by atoms with Crippen LogP contribution in [0, 0.1) is 0 Å². The number of hydrogen-bond acceptors (Lipinski definition) is 5. The van der Waals surface area contributed by atoms with E-state index in [9.17, 15) is 9.59 Å². The first-order valence-electron chi connectivity index (χ1n) is 9.49. The molecule has 6 nitrogen and oxygen atoms in total. The fraction of sp³-hybridized carbons (Fsp3) is 0.217. The summed E-state index contributed by atoms with van der Waals surface area (Å²) in [5, 5.41) is 11.4. The molecular weight excluding hydrogens is 364 g/mol. The molecular formula is C23H22N4O2. The summed E-state index contributed by atoms with van der Waals surface area (Å²) in [6.45, 7) is 6.82. The van der Waals surface area contributed by atoms with Gasteiger partial charge in [0.1, 0.15) is 5.69 Å². The first-order chi connectivity index (χ1) is 13.8. The van der Waals surface area contributed by atoms with E-state index in [2.05, 4.69) is 48.5 Å². The van der Waals surface area contributed by atoms with Crippen LogP contribution in [0.15, 0.2) is 66.5 Å². The normalized spacial score (nSPS) is 13.8. The lowest BCUT2D eigenvalue weighted by molar-refractivity contribution is 0.0978. The summed E-state index contributed by atoms with van der Waals surface area (Å²) in [6.07, 6.45) is 3.16. The molecule has 0 saturated heterocycles. The third-order valence-electron chi connectivity index (χ3n) is 4.96. The quantitative estimate of drug-likeness (QED) is 0.741. The van der Waals surface area contributed by atoms with Crippen molar-refractivity contribution in [3.63, 3.8) is 0 Å². The monoisotopic (exact) mass is 386 g/mol. The summed E-state index contributed by atoms with van der Waals surface area (Å²) in [7, 11) is 0. The van der Waals surface area contributed by atoms with Crippen molar-refractivity contribution in [3.8, 4) is 5.69 Å². The van der Waals surface area contributed by atoms with Crippen LogP contribution in [0.4, 0.5) is 0 Å². The molecule has 0 unspecified atom stereocenters. The number of fused-ring (bicyclic) bond motifs is 1. The summed E-state index contributed by atoms with van der Waals surface area (Å²) in [6, 6.07) is 15.0. The highest BCUT2D eigenvalue weighted by molar-refractivity contribution is 6.24. The number of carbonyl (C=O) groups is 2. The molecule has 1 aliphatic rings. The molecule has 4 rings (SSSR count). The number of hydrogen-bond donors (Lipinski definition) is 1. The zero-order chi connectivity index (χ0) is 20.6. The van der Waals surface area contributed by atoms with Gasteiger partial charge in [-0.2, -0.15) is 0 Å². The van der Waals surface area contributed by atoms with Gasteiger partial charge < -0.3 is 5.32 Å². The Morgan fingerprint density at radius 1 is 0.966 bits per heavy atom. The predicted molar refractivity (Wildman–Crippen MR) is 110 cm³/mol. The van der Waals surface area contributed by atoms with E-state index in [1.807, 2.05) is 18.3 Å². The van der Waals surface area contributed by atoms with Gasteiger partial charge in [0.15, 0.2) is 5.78 Å². The van der Waals surface area contributed by atoms with Crippen LogP contribution in [-0.2, 0) is 12.0 Å². The number of nitrogens with one attached hydrogen (secondary N) is 1. The smallest absolute Gasteiger partial charge is 0.209 e. The molecule has 146 valence electrons. The van der Waals surface area contributed by atoms with Crippen LogP contribution in [0.2, 0.25) is 0 Å². The maximum Gasteiger partial charge on any atom is 0.209 e. The van der Waals surface area contributed by atoms with Gasteiger partial charge in [0.2, 0.25) is 5.78 Å². The van der Waals surface area contributed by atoms with Crippen LogP contribution >= 0.6 is 0 Å². The second-order valence-corrected chi connectivity index (χ2v) is 8.10. The molecule has 0 bridgehead atoms. The second kappa shape index (κ2) is 7.13. The Balaban J connectivity index is 1.47.